The van der Waals surface area contributed by atoms with Crippen LogP contribution in [0.25, 0.3) is 0 Å². The highest BCUT2D eigenvalue weighted by Gasteiger charge is 2.35. The van der Waals surface area contributed by atoms with Crippen LogP contribution in [0.3, 0.4) is 0 Å². The smallest absolute Gasteiger partial charge is 0.252 e. The lowest BCUT2D eigenvalue weighted by molar-refractivity contribution is -0.133. The summed E-state index contributed by atoms with van der Waals surface area (Å²) in [6.45, 7) is 4.59. The molecule has 0 saturated heterocycles. The van der Waals surface area contributed by atoms with Crippen molar-refractivity contribution in [3.05, 3.63) is 0 Å². The molecule has 6 unspecified atom stereocenters. The van der Waals surface area contributed by atoms with Gasteiger partial charge in [0.25, 0.3) is 5.91 Å². The van der Waals surface area contributed by atoms with Crippen molar-refractivity contribution >= 4 is 23.4 Å². The van der Waals surface area contributed by atoms with E-state index in [1.807, 2.05) is 0 Å². The molecule has 2 fully saturated rings. The van der Waals surface area contributed by atoms with Gasteiger partial charge in [0, 0.05) is 11.4 Å². The Hall–Kier alpha value is -0.880. The Bertz CT molecular complexity index is 452. The zero-order valence-electron chi connectivity index (χ0n) is 14.5. The molecule has 138 valence electrons. The number of hydrogen-bond acceptors (Lipinski definition) is 3. The van der Waals surface area contributed by atoms with Crippen LogP contribution in [0.5, 0.6) is 0 Å². The van der Waals surface area contributed by atoms with Gasteiger partial charge in [-0.15, -0.1) is 11.6 Å². The van der Waals surface area contributed by atoms with Gasteiger partial charge in [-0.05, 0) is 50.4 Å². The number of halogens is 2. The van der Waals surface area contributed by atoms with Crippen molar-refractivity contribution in [1.29, 1.82) is 0 Å². The molecule has 2 aliphatic rings. The van der Waals surface area contributed by atoms with E-state index >= 15 is 0 Å². The van der Waals surface area contributed by atoms with Gasteiger partial charge in [-0.3, -0.25) is 20.4 Å². The second kappa shape index (κ2) is 8.99. The third-order valence-corrected chi connectivity index (χ3v) is 5.72. The molecule has 0 aromatic rings. The molecule has 5 nitrogen and oxygen atoms in total. The van der Waals surface area contributed by atoms with Crippen LogP contribution in [0, 0.1) is 17.8 Å². The number of hydrazine groups is 1. The minimum atomic E-state index is -1.19. The molecule has 0 spiro atoms. The predicted molar refractivity (Wildman–Crippen MR) is 92.1 cm³/mol. The van der Waals surface area contributed by atoms with E-state index in [0.29, 0.717) is 31.2 Å². The molecule has 0 aliphatic heterocycles. The van der Waals surface area contributed by atoms with E-state index in [0.717, 1.165) is 18.8 Å². The standard InChI is InChI=1S/C17H29ClFN3O2/c1-10-3-6-15(11(2)7-10)20-9-16(23)21-22-17(24)13-8-12(18)4-5-14(13)19/h10-15,20H,3-9H2,1-2H3,(H,21,23)(H,22,24). The fourth-order valence-corrected chi connectivity index (χ4v) is 4.13. The summed E-state index contributed by atoms with van der Waals surface area (Å²) in [5.74, 6) is -0.328. The topological polar surface area (TPSA) is 70.2 Å². The molecule has 2 rings (SSSR count). The van der Waals surface area contributed by atoms with Crippen molar-refractivity contribution in [2.75, 3.05) is 6.54 Å². The Morgan fingerprint density at radius 3 is 2.54 bits per heavy atom. The molecule has 0 radical (unpaired) electrons. The van der Waals surface area contributed by atoms with Crippen LogP contribution in [0.2, 0.25) is 0 Å². The molecule has 3 N–H and O–H groups in total. The molecule has 0 heterocycles. The SMILES string of the molecule is CC1CCC(NCC(=O)NNC(=O)C2CC(Cl)CCC2F)C(C)C1. The summed E-state index contributed by atoms with van der Waals surface area (Å²) in [4.78, 5) is 23.9. The van der Waals surface area contributed by atoms with Crippen molar-refractivity contribution in [3.8, 4) is 0 Å². The molecule has 2 saturated carbocycles. The van der Waals surface area contributed by atoms with Gasteiger partial charge in [0.05, 0.1) is 12.5 Å². The summed E-state index contributed by atoms with van der Waals surface area (Å²) in [7, 11) is 0. The maximum absolute atomic E-state index is 13.8. The molecule has 2 aliphatic carbocycles. The first-order valence-corrected chi connectivity index (χ1v) is 9.40. The van der Waals surface area contributed by atoms with Gasteiger partial charge in [-0.2, -0.15) is 0 Å². The van der Waals surface area contributed by atoms with Crippen molar-refractivity contribution in [2.24, 2.45) is 17.8 Å². The number of carbonyl (C=O) groups excluding carboxylic acids is 2. The molecular formula is C17H29ClFN3O2. The third kappa shape index (κ3) is 5.59. The summed E-state index contributed by atoms with van der Waals surface area (Å²) in [6, 6.07) is 0.327. The average molecular weight is 362 g/mol. The van der Waals surface area contributed by atoms with Gasteiger partial charge < -0.3 is 5.32 Å². The molecule has 24 heavy (non-hydrogen) atoms. The van der Waals surface area contributed by atoms with Crippen LogP contribution < -0.4 is 16.2 Å². The monoisotopic (exact) mass is 361 g/mol. The van der Waals surface area contributed by atoms with E-state index in [2.05, 4.69) is 30.0 Å². The van der Waals surface area contributed by atoms with E-state index in [1.165, 1.54) is 6.42 Å². The Morgan fingerprint density at radius 2 is 1.83 bits per heavy atom. The molecule has 0 aromatic carbocycles. The molecule has 7 heteroatoms. The zero-order valence-corrected chi connectivity index (χ0v) is 15.2. The highest BCUT2D eigenvalue weighted by molar-refractivity contribution is 6.20. The Balaban J connectivity index is 1.68. The van der Waals surface area contributed by atoms with Gasteiger partial charge in [-0.25, -0.2) is 4.39 Å². The van der Waals surface area contributed by atoms with Gasteiger partial charge >= 0.3 is 0 Å². The Labute approximate surface area is 148 Å². The number of alkyl halides is 2. The summed E-state index contributed by atoms with van der Waals surface area (Å²) < 4.78 is 13.8. The second-order valence-corrected chi connectivity index (χ2v) is 8.07. The minimum Gasteiger partial charge on any atom is -0.305 e. The van der Waals surface area contributed by atoms with Crippen LogP contribution in [-0.2, 0) is 9.59 Å². The average Bonchev–Trinajstić information content (AvgIpc) is 2.54. The predicted octanol–water partition coefficient (Wildman–Crippen LogP) is 2.29. The molecule has 6 atom stereocenters. The Morgan fingerprint density at radius 1 is 1.08 bits per heavy atom. The maximum Gasteiger partial charge on any atom is 0.252 e. The first-order chi connectivity index (χ1) is 11.4. The largest absolute Gasteiger partial charge is 0.305 e. The number of nitrogens with one attached hydrogen (secondary N) is 3. The molecule has 0 bridgehead atoms. The maximum atomic E-state index is 13.8. The summed E-state index contributed by atoms with van der Waals surface area (Å²) in [6.07, 6.45) is 3.38. The highest BCUT2D eigenvalue weighted by atomic mass is 35.5. The molecule has 2 amide bonds. The van der Waals surface area contributed by atoms with Crippen LogP contribution in [0.4, 0.5) is 4.39 Å². The second-order valence-electron chi connectivity index (χ2n) is 7.45. The lowest BCUT2D eigenvalue weighted by atomic mass is 9.80. The quantitative estimate of drug-likeness (QED) is 0.531. The van der Waals surface area contributed by atoms with Crippen molar-refractivity contribution < 1.29 is 14.0 Å². The van der Waals surface area contributed by atoms with Gasteiger partial charge in [0.2, 0.25) is 5.91 Å². The lowest BCUT2D eigenvalue weighted by Crippen LogP contribution is -2.51. The summed E-state index contributed by atoms with van der Waals surface area (Å²) in [5, 5.41) is 3.07. The Kier molecular flexibility index (Phi) is 7.29. The first-order valence-electron chi connectivity index (χ1n) is 8.97. The number of carbonyl (C=O) groups is 2. The van der Waals surface area contributed by atoms with Crippen molar-refractivity contribution in [1.82, 2.24) is 16.2 Å². The van der Waals surface area contributed by atoms with E-state index in [-0.39, 0.29) is 17.8 Å². The van der Waals surface area contributed by atoms with Crippen LogP contribution in [0.1, 0.15) is 52.4 Å². The van der Waals surface area contributed by atoms with Crippen LogP contribution >= 0.6 is 11.6 Å². The first kappa shape index (κ1) is 19.4. The highest BCUT2D eigenvalue weighted by Crippen LogP contribution is 2.30. The summed E-state index contributed by atoms with van der Waals surface area (Å²) >= 11 is 6.00. The molecular weight excluding hydrogens is 333 g/mol. The minimum absolute atomic E-state index is 0.144. The van der Waals surface area contributed by atoms with E-state index < -0.39 is 18.0 Å². The van der Waals surface area contributed by atoms with Gasteiger partial charge in [0.1, 0.15) is 6.17 Å². The lowest BCUT2D eigenvalue weighted by Gasteiger charge is -2.33. The normalized spacial score (nSPS) is 36.8. The zero-order chi connectivity index (χ0) is 17.7. The van der Waals surface area contributed by atoms with E-state index in [1.54, 1.807) is 0 Å². The number of amides is 2. The number of rotatable bonds is 4. The van der Waals surface area contributed by atoms with Crippen molar-refractivity contribution in [3.63, 3.8) is 0 Å². The van der Waals surface area contributed by atoms with Gasteiger partial charge in [0.15, 0.2) is 0 Å². The van der Waals surface area contributed by atoms with E-state index in [4.69, 9.17) is 11.6 Å². The molecule has 0 aromatic heterocycles. The summed E-state index contributed by atoms with van der Waals surface area (Å²) in [5.41, 5.74) is 4.70. The fraction of sp³-hybridized carbons (Fsp3) is 0.882. The third-order valence-electron chi connectivity index (χ3n) is 5.32. The van der Waals surface area contributed by atoms with Crippen LogP contribution in [0.15, 0.2) is 0 Å². The van der Waals surface area contributed by atoms with Crippen molar-refractivity contribution in [2.45, 2.75) is 70.0 Å². The fourth-order valence-electron chi connectivity index (χ4n) is 3.81. The van der Waals surface area contributed by atoms with Gasteiger partial charge in [-0.1, -0.05) is 13.8 Å². The number of hydrogen-bond donors (Lipinski definition) is 3. The van der Waals surface area contributed by atoms with Crippen LogP contribution in [-0.4, -0.2) is 35.9 Å². The van der Waals surface area contributed by atoms with E-state index in [9.17, 15) is 14.0 Å².